The molecule has 0 bridgehead atoms. The highest BCUT2D eigenvalue weighted by Gasteiger charge is 2.16. The van der Waals surface area contributed by atoms with Crippen LogP contribution in [0.15, 0.2) is 53.3 Å². The number of nitrogens with one attached hydrogen (secondary N) is 2. The van der Waals surface area contributed by atoms with E-state index in [4.69, 9.17) is 28.6 Å². The molecule has 0 aliphatic carbocycles. The van der Waals surface area contributed by atoms with Crippen LogP contribution in [0.3, 0.4) is 0 Å². The second kappa shape index (κ2) is 9.93. The van der Waals surface area contributed by atoms with Crippen molar-refractivity contribution in [2.45, 2.75) is 26.5 Å². The first-order valence-electron chi connectivity index (χ1n) is 9.64. The van der Waals surface area contributed by atoms with Crippen molar-refractivity contribution in [3.8, 4) is 5.75 Å². The molecule has 0 saturated heterocycles. The normalized spacial score (nSPS) is 11.9. The fraction of sp³-hybridized carbons (Fsp3) is 0.273. The number of aromatic nitrogens is 1. The summed E-state index contributed by atoms with van der Waals surface area (Å²) in [6.45, 7) is 4.66. The summed E-state index contributed by atoms with van der Waals surface area (Å²) in [7, 11) is 0. The molecule has 0 aliphatic rings. The Bertz CT molecular complexity index is 1100. The van der Waals surface area contributed by atoms with Crippen LogP contribution in [0.5, 0.6) is 5.75 Å². The fourth-order valence-corrected chi connectivity index (χ4v) is 3.56. The molecule has 1 atom stereocenters. The largest absolute Gasteiger partial charge is 0.494 e. The number of benzene rings is 2. The van der Waals surface area contributed by atoms with E-state index in [0.29, 0.717) is 22.3 Å². The minimum atomic E-state index is -0.631. The van der Waals surface area contributed by atoms with Crippen molar-refractivity contribution in [1.29, 1.82) is 0 Å². The highest BCUT2D eigenvalue weighted by Crippen LogP contribution is 2.20. The number of fused-ring (bicyclic) bond motifs is 1. The van der Waals surface area contributed by atoms with Crippen molar-refractivity contribution < 1.29 is 9.84 Å². The number of aliphatic hydroxyl groups excluding tert-OH is 1. The Labute approximate surface area is 185 Å². The Morgan fingerprint density at radius 1 is 1.30 bits per heavy atom. The monoisotopic (exact) mass is 445 g/mol. The standard InChI is InChI=1S/C22H24ClN3O3S/c1-3-29-19-7-8-20-15(10-19)9-16(21(28)25-20)13-26(12-14(2)27)22(30)24-18-6-4-5-17(23)11-18/h4-11,14,27H,3,12-13H2,1-2H3,(H,24,30)(H,25,28)/t14-/m1/s1. The van der Waals surface area contributed by atoms with Crippen molar-refractivity contribution >= 4 is 45.5 Å². The second-order valence-electron chi connectivity index (χ2n) is 6.98. The predicted molar refractivity (Wildman–Crippen MR) is 126 cm³/mol. The van der Waals surface area contributed by atoms with E-state index in [-0.39, 0.29) is 18.6 Å². The number of nitrogens with zero attached hydrogens (tertiary/aromatic N) is 1. The van der Waals surface area contributed by atoms with Crippen LogP contribution in [-0.2, 0) is 6.54 Å². The van der Waals surface area contributed by atoms with Crippen molar-refractivity contribution in [2.24, 2.45) is 0 Å². The van der Waals surface area contributed by atoms with Gasteiger partial charge in [-0.25, -0.2) is 0 Å². The number of thiocarbonyl (C=S) groups is 1. The SMILES string of the molecule is CCOc1ccc2[nH]c(=O)c(CN(C[C@@H](C)O)C(=S)Nc3cccc(Cl)c3)cc2c1. The molecule has 0 amide bonds. The molecule has 1 aromatic heterocycles. The summed E-state index contributed by atoms with van der Waals surface area (Å²) in [5.74, 6) is 0.738. The van der Waals surface area contributed by atoms with Crippen molar-refractivity contribution in [2.75, 3.05) is 18.5 Å². The lowest BCUT2D eigenvalue weighted by molar-refractivity contribution is 0.158. The molecule has 158 valence electrons. The molecule has 2 aromatic carbocycles. The van der Waals surface area contributed by atoms with Crippen LogP contribution < -0.4 is 15.6 Å². The molecule has 3 aromatic rings. The average molecular weight is 446 g/mol. The number of aliphatic hydroxyl groups is 1. The Balaban J connectivity index is 1.87. The van der Waals surface area contributed by atoms with Crippen LogP contribution in [0.2, 0.25) is 5.02 Å². The molecule has 0 spiro atoms. The van der Waals surface area contributed by atoms with E-state index < -0.39 is 6.10 Å². The molecule has 0 radical (unpaired) electrons. The molecule has 0 saturated carbocycles. The zero-order chi connectivity index (χ0) is 21.7. The molecular formula is C22H24ClN3O3S. The topological polar surface area (TPSA) is 77.6 Å². The molecule has 0 aliphatic heterocycles. The zero-order valence-electron chi connectivity index (χ0n) is 16.8. The number of anilines is 1. The number of pyridine rings is 1. The van der Waals surface area contributed by atoms with Gasteiger partial charge in [0, 0.05) is 33.7 Å². The highest BCUT2D eigenvalue weighted by molar-refractivity contribution is 7.80. The molecule has 3 rings (SSSR count). The maximum absolute atomic E-state index is 12.6. The van der Waals surface area contributed by atoms with Gasteiger partial charge in [-0.3, -0.25) is 4.79 Å². The van der Waals surface area contributed by atoms with Crippen LogP contribution in [0, 0.1) is 0 Å². The first-order chi connectivity index (χ1) is 14.4. The van der Waals surface area contributed by atoms with Crippen LogP contribution in [-0.4, -0.2) is 39.4 Å². The van der Waals surface area contributed by atoms with Gasteiger partial charge < -0.3 is 25.0 Å². The highest BCUT2D eigenvalue weighted by atomic mass is 35.5. The molecule has 0 unspecified atom stereocenters. The number of aromatic amines is 1. The van der Waals surface area contributed by atoms with Crippen LogP contribution in [0.1, 0.15) is 19.4 Å². The van der Waals surface area contributed by atoms with Gasteiger partial charge in [0.2, 0.25) is 0 Å². The van der Waals surface area contributed by atoms with Gasteiger partial charge in [-0.1, -0.05) is 17.7 Å². The third-order valence-corrected chi connectivity index (χ3v) is 5.01. The van der Waals surface area contributed by atoms with Crippen molar-refractivity contribution in [1.82, 2.24) is 9.88 Å². The van der Waals surface area contributed by atoms with E-state index in [1.54, 1.807) is 24.0 Å². The van der Waals surface area contributed by atoms with E-state index in [9.17, 15) is 9.90 Å². The molecule has 30 heavy (non-hydrogen) atoms. The number of halogens is 1. The lowest BCUT2D eigenvalue weighted by Crippen LogP contribution is -2.40. The minimum Gasteiger partial charge on any atom is -0.494 e. The lowest BCUT2D eigenvalue weighted by Gasteiger charge is -2.27. The zero-order valence-corrected chi connectivity index (χ0v) is 18.4. The van der Waals surface area contributed by atoms with E-state index in [1.165, 1.54) is 0 Å². The van der Waals surface area contributed by atoms with Gasteiger partial charge in [0.15, 0.2) is 5.11 Å². The van der Waals surface area contributed by atoms with Gasteiger partial charge in [0.05, 0.1) is 19.3 Å². The first-order valence-corrected chi connectivity index (χ1v) is 10.4. The minimum absolute atomic E-state index is 0.201. The summed E-state index contributed by atoms with van der Waals surface area (Å²) in [5, 5.41) is 14.9. The summed E-state index contributed by atoms with van der Waals surface area (Å²) in [5.41, 5.74) is 1.80. The number of hydrogen-bond acceptors (Lipinski definition) is 4. The predicted octanol–water partition coefficient (Wildman–Crippen LogP) is 4.16. The maximum Gasteiger partial charge on any atom is 0.253 e. The van der Waals surface area contributed by atoms with E-state index in [0.717, 1.165) is 22.3 Å². The summed E-state index contributed by atoms with van der Waals surface area (Å²) < 4.78 is 5.55. The van der Waals surface area contributed by atoms with Crippen LogP contribution >= 0.6 is 23.8 Å². The van der Waals surface area contributed by atoms with E-state index in [2.05, 4.69) is 10.3 Å². The van der Waals surface area contributed by atoms with Crippen LogP contribution in [0.4, 0.5) is 5.69 Å². The Morgan fingerprint density at radius 3 is 2.80 bits per heavy atom. The third-order valence-electron chi connectivity index (χ3n) is 4.41. The lowest BCUT2D eigenvalue weighted by atomic mass is 10.1. The number of ether oxygens (including phenoxy) is 1. The smallest absolute Gasteiger partial charge is 0.253 e. The maximum atomic E-state index is 12.6. The van der Waals surface area contributed by atoms with Crippen molar-refractivity contribution in [3.63, 3.8) is 0 Å². The fourth-order valence-electron chi connectivity index (χ4n) is 3.12. The molecule has 1 heterocycles. The van der Waals surface area contributed by atoms with Gasteiger partial charge >= 0.3 is 0 Å². The average Bonchev–Trinajstić information content (AvgIpc) is 2.68. The number of rotatable bonds is 7. The van der Waals surface area contributed by atoms with Gasteiger partial charge in [0.1, 0.15) is 5.75 Å². The summed E-state index contributed by atoms with van der Waals surface area (Å²) >= 11 is 11.6. The Morgan fingerprint density at radius 2 is 2.10 bits per heavy atom. The molecule has 6 nitrogen and oxygen atoms in total. The van der Waals surface area contributed by atoms with Crippen LogP contribution in [0.25, 0.3) is 10.9 Å². The van der Waals surface area contributed by atoms with Gasteiger partial charge in [0.25, 0.3) is 5.56 Å². The number of H-pyrrole nitrogens is 1. The Kier molecular flexibility index (Phi) is 7.31. The van der Waals surface area contributed by atoms with E-state index >= 15 is 0 Å². The number of hydrogen-bond donors (Lipinski definition) is 3. The second-order valence-corrected chi connectivity index (χ2v) is 7.80. The molecule has 0 fully saturated rings. The van der Waals surface area contributed by atoms with Gasteiger partial charge in [-0.15, -0.1) is 0 Å². The summed E-state index contributed by atoms with van der Waals surface area (Å²) in [4.78, 5) is 17.3. The molecule has 3 N–H and O–H groups in total. The van der Waals surface area contributed by atoms with Crippen molar-refractivity contribution in [3.05, 3.63) is 69.5 Å². The summed E-state index contributed by atoms with van der Waals surface area (Å²) in [6.07, 6.45) is -0.631. The molecule has 8 heteroatoms. The quantitative estimate of drug-likeness (QED) is 0.474. The van der Waals surface area contributed by atoms with Gasteiger partial charge in [-0.2, -0.15) is 0 Å². The van der Waals surface area contributed by atoms with E-state index in [1.807, 2.05) is 43.3 Å². The van der Waals surface area contributed by atoms with Gasteiger partial charge in [-0.05, 0) is 68.5 Å². The third kappa shape index (κ3) is 5.72. The summed E-state index contributed by atoms with van der Waals surface area (Å²) in [6, 6.07) is 14.6. The Hall–Kier alpha value is -2.61. The molecular weight excluding hydrogens is 422 g/mol. The first kappa shape index (κ1) is 22.1.